The molecule has 0 spiro atoms. The zero-order chi connectivity index (χ0) is 18.3. The molecule has 0 aromatic carbocycles. The van der Waals surface area contributed by atoms with Crippen molar-refractivity contribution in [1.29, 1.82) is 0 Å². The van der Waals surface area contributed by atoms with E-state index in [1.54, 1.807) is 0 Å². The summed E-state index contributed by atoms with van der Waals surface area (Å²) >= 11 is -0.323. The molecule has 0 saturated heterocycles. The van der Waals surface area contributed by atoms with E-state index in [9.17, 15) is 18.0 Å². The lowest BCUT2D eigenvalue weighted by Crippen LogP contribution is -2.25. The molecule has 0 N–H and O–H groups in total. The average molecular weight is 371 g/mol. The molecule has 0 aliphatic carbocycles. The lowest BCUT2D eigenvalue weighted by molar-refractivity contribution is -0.126. The molecular weight excluding hydrogens is 337 g/mol. The van der Waals surface area contributed by atoms with Gasteiger partial charge in [0.25, 0.3) is 0 Å². The number of carbonyl (C=O) groups is 1. The Morgan fingerprint density at radius 3 is 1.92 bits per heavy atom. The molecule has 6 heteroatoms. The lowest BCUT2D eigenvalue weighted by atomic mass is 10.1. The van der Waals surface area contributed by atoms with E-state index in [1.165, 1.54) is 19.3 Å². The molecule has 0 rings (SSSR count). The predicted molar refractivity (Wildman–Crippen MR) is 95.1 cm³/mol. The molecule has 1 unspecified atom stereocenters. The Kier molecular flexibility index (Phi) is 14.9. The first-order chi connectivity index (χ1) is 11.4. The van der Waals surface area contributed by atoms with Crippen molar-refractivity contribution >= 4 is 17.5 Å². The van der Waals surface area contributed by atoms with Crippen molar-refractivity contribution in [2.75, 3.05) is 6.61 Å². The normalized spacial score (nSPS) is 13.2. The van der Waals surface area contributed by atoms with Crippen molar-refractivity contribution in [1.82, 2.24) is 0 Å². The maximum Gasteiger partial charge on any atom is 0.444 e. The largest absolute Gasteiger partial charge is 0.444 e. The van der Waals surface area contributed by atoms with Gasteiger partial charge in [0.2, 0.25) is 0 Å². The van der Waals surface area contributed by atoms with Crippen LogP contribution in [-0.4, -0.2) is 23.3 Å². The topological polar surface area (TPSA) is 26.3 Å². The molecule has 0 amide bonds. The molecule has 0 aromatic heterocycles. The monoisotopic (exact) mass is 370 g/mol. The minimum Gasteiger partial charge on any atom is -0.359 e. The number of ether oxygens (including phenoxy) is 1. The summed E-state index contributed by atoms with van der Waals surface area (Å²) in [6.07, 6.45) is 11.2. The van der Waals surface area contributed by atoms with Crippen molar-refractivity contribution in [3.63, 3.8) is 0 Å². The van der Waals surface area contributed by atoms with Crippen LogP contribution >= 0.6 is 11.8 Å². The molecule has 0 radical (unpaired) electrons. The molecule has 0 aliphatic rings. The summed E-state index contributed by atoms with van der Waals surface area (Å²) in [4.78, 5) is 12.0. The van der Waals surface area contributed by atoms with E-state index in [-0.39, 0.29) is 24.8 Å². The molecule has 0 aliphatic heterocycles. The van der Waals surface area contributed by atoms with Gasteiger partial charge in [0.1, 0.15) is 0 Å². The molecule has 0 fully saturated rings. The van der Waals surface area contributed by atoms with E-state index in [0.717, 1.165) is 38.5 Å². The van der Waals surface area contributed by atoms with Gasteiger partial charge in [-0.15, -0.1) is 0 Å². The van der Waals surface area contributed by atoms with Gasteiger partial charge in [-0.05, 0) is 24.6 Å². The summed E-state index contributed by atoms with van der Waals surface area (Å²) in [5.74, 6) is -0.429. The fraction of sp³-hybridized carbons (Fsp3) is 0.944. The summed E-state index contributed by atoms with van der Waals surface area (Å²) in [6, 6.07) is 0. The number of rotatable bonds is 16. The van der Waals surface area contributed by atoms with Crippen molar-refractivity contribution in [2.24, 2.45) is 0 Å². The zero-order valence-corrected chi connectivity index (χ0v) is 15.9. The Morgan fingerprint density at radius 1 is 0.875 bits per heavy atom. The Morgan fingerprint density at radius 2 is 1.38 bits per heavy atom. The van der Waals surface area contributed by atoms with Gasteiger partial charge in [-0.1, -0.05) is 71.6 Å². The lowest BCUT2D eigenvalue weighted by Gasteiger charge is -2.17. The van der Waals surface area contributed by atoms with Crippen LogP contribution in [0.4, 0.5) is 13.2 Å². The van der Waals surface area contributed by atoms with Crippen LogP contribution in [0.15, 0.2) is 0 Å². The van der Waals surface area contributed by atoms with Crippen LogP contribution in [0.1, 0.15) is 90.9 Å². The standard InChI is InChI=1S/C18H33F3O2S/c1-3-5-7-9-10-11-12-14-16(22)17(24-18(19,20)21)23-15-13-8-6-4-2/h17H,3-15H2,1-2H3. The third kappa shape index (κ3) is 15.3. The second-order valence-electron chi connectivity index (χ2n) is 6.16. The summed E-state index contributed by atoms with van der Waals surface area (Å²) in [5.41, 5.74) is -5.84. The van der Waals surface area contributed by atoms with E-state index in [1.807, 2.05) is 0 Å². The third-order valence-electron chi connectivity index (χ3n) is 3.80. The molecule has 0 heterocycles. The first kappa shape index (κ1) is 23.8. The summed E-state index contributed by atoms with van der Waals surface area (Å²) in [6.45, 7) is 4.44. The molecule has 144 valence electrons. The number of hydrogen-bond donors (Lipinski definition) is 0. The number of thioether (sulfide) groups is 1. The number of carbonyl (C=O) groups excluding carboxylic acids is 1. The van der Waals surface area contributed by atoms with Crippen LogP contribution in [0.2, 0.25) is 0 Å². The maximum atomic E-state index is 12.6. The number of halogens is 3. The molecule has 24 heavy (non-hydrogen) atoms. The fourth-order valence-electron chi connectivity index (χ4n) is 2.41. The molecule has 0 aromatic rings. The maximum absolute atomic E-state index is 12.6. The Labute approximate surface area is 149 Å². The minimum absolute atomic E-state index is 0.177. The molecule has 0 bridgehead atoms. The fourth-order valence-corrected chi connectivity index (χ4v) is 3.06. The van der Waals surface area contributed by atoms with Gasteiger partial charge in [-0.2, -0.15) is 13.2 Å². The highest BCUT2D eigenvalue weighted by Crippen LogP contribution is 2.35. The quantitative estimate of drug-likeness (QED) is 0.219. The highest BCUT2D eigenvalue weighted by molar-refractivity contribution is 8.01. The van der Waals surface area contributed by atoms with Crippen LogP contribution in [0.25, 0.3) is 0 Å². The van der Waals surface area contributed by atoms with Gasteiger partial charge < -0.3 is 4.74 Å². The summed E-state index contributed by atoms with van der Waals surface area (Å²) in [7, 11) is 0. The van der Waals surface area contributed by atoms with Crippen molar-refractivity contribution in [3.8, 4) is 0 Å². The van der Waals surface area contributed by atoms with Gasteiger partial charge in [0.15, 0.2) is 11.2 Å². The average Bonchev–Trinajstić information content (AvgIpc) is 2.51. The third-order valence-corrected chi connectivity index (χ3v) is 4.68. The number of Topliss-reactive ketones (excluding diaryl/α,β-unsaturated/α-hetero) is 1. The highest BCUT2D eigenvalue weighted by Gasteiger charge is 2.36. The van der Waals surface area contributed by atoms with Crippen LogP contribution in [0.5, 0.6) is 0 Å². The van der Waals surface area contributed by atoms with Crippen LogP contribution < -0.4 is 0 Å². The van der Waals surface area contributed by atoms with Crippen molar-refractivity contribution in [2.45, 2.75) is 102 Å². The first-order valence-electron chi connectivity index (χ1n) is 9.29. The van der Waals surface area contributed by atoms with Gasteiger partial charge >= 0.3 is 5.51 Å². The first-order valence-corrected chi connectivity index (χ1v) is 10.2. The van der Waals surface area contributed by atoms with E-state index >= 15 is 0 Å². The van der Waals surface area contributed by atoms with Crippen molar-refractivity contribution < 1.29 is 22.7 Å². The van der Waals surface area contributed by atoms with Crippen LogP contribution in [0, 0.1) is 0 Å². The second kappa shape index (κ2) is 15.1. The van der Waals surface area contributed by atoms with E-state index in [0.29, 0.717) is 12.8 Å². The van der Waals surface area contributed by atoms with Crippen LogP contribution in [0.3, 0.4) is 0 Å². The van der Waals surface area contributed by atoms with E-state index < -0.39 is 16.7 Å². The Balaban J connectivity index is 4.03. The number of ketones is 1. The van der Waals surface area contributed by atoms with Crippen LogP contribution in [-0.2, 0) is 9.53 Å². The second-order valence-corrected chi connectivity index (χ2v) is 7.29. The van der Waals surface area contributed by atoms with Gasteiger partial charge in [-0.3, -0.25) is 4.79 Å². The SMILES string of the molecule is CCCCCCCCCC(=O)C(OCCCCCC)SC(F)(F)F. The van der Waals surface area contributed by atoms with Gasteiger partial charge in [-0.25, -0.2) is 0 Å². The molecule has 1 atom stereocenters. The molecule has 0 saturated carbocycles. The molecular formula is C18H33F3O2S. The Hall–Kier alpha value is -0.230. The summed E-state index contributed by atoms with van der Waals surface area (Å²) < 4.78 is 43.0. The number of unbranched alkanes of at least 4 members (excludes halogenated alkanes) is 9. The van der Waals surface area contributed by atoms with E-state index in [2.05, 4.69) is 13.8 Å². The zero-order valence-electron chi connectivity index (χ0n) is 15.1. The Bertz CT molecular complexity index is 309. The number of alkyl halides is 3. The summed E-state index contributed by atoms with van der Waals surface area (Å²) in [5, 5.41) is 0. The van der Waals surface area contributed by atoms with E-state index in [4.69, 9.17) is 4.74 Å². The minimum atomic E-state index is -4.44. The number of hydrogen-bond acceptors (Lipinski definition) is 3. The predicted octanol–water partition coefficient (Wildman–Crippen LogP) is 6.87. The highest BCUT2D eigenvalue weighted by atomic mass is 32.2. The smallest absolute Gasteiger partial charge is 0.359 e. The van der Waals surface area contributed by atoms with Gasteiger partial charge in [0, 0.05) is 13.0 Å². The molecule has 2 nitrogen and oxygen atoms in total. The van der Waals surface area contributed by atoms with Crippen molar-refractivity contribution in [3.05, 3.63) is 0 Å². The van der Waals surface area contributed by atoms with Gasteiger partial charge in [0.05, 0.1) is 0 Å².